The number of aromatic nitrogens is 1. The van der Waals surface area contributed by atoms with Gasteiger partial charge in [-0.3, -0.25) is 24.2 Å². The summed E-state index contributed by atoms with van der Waals surface area (Å²) in [4.78, 5) is 57.0. The zero-order chi connectivity index (χ0) is 22.4. The molecule has 3 rings (SSSR count). The molecule has 9 nitrogen and oxygen atoms in total. The molecule has 1 saturated carbocycles. The highest BCUT2D eigenvalue weighted by Crippen LogP contribution is 2.27. The number of hydrogen-bond donors (Lipinski definition) is 2. The first-order valence-corrected chi connectivity index (χ1v) is 10.9. The van der Waals surface area contributed by atoms with Crippen molar-refractivity contribution >= 4 is 23.6 Å². The number of nitrogens with zero attached hydrogens (tertiary/aromatic N) is 3. The number of carbonyl (C=O) groups is 4. The number of pyridine rings is 1. The first kappa shape index (κ1) is 22.7. The molecule has 2 heterocycles. The van der Waals surface area contributed by atoms with E-state index in [-0.39, 0.29) is 24.9 Å². The summed E-state index contributed by atoms with van der Waals surface area (Å²) >= 11 is 0. The van der Waals surface area contributed by atoms with E-state index < -0.39 is 23.9 Å². The number of carbonyl (C=O) groups excluding carboxylic acids is 4. The lowest BCUT2D eigenvalue weighted by Gasteiger charge is -2.40. The van der Waals surface area contributed by atoms with Gasteiger partial charge in [-0.1, -0.05) is 32.1 Å². The van der Waals surface area contributed by atoms with Gasteiger partial charge in [-0.15, -0.1) is 0 Å². The Labute approximate surface area is 182 Å². The molecule has 0 radical (unpaired) electrons. The molecule has 4 amide bonds. The van der Waals surface area contributed by atoms with Crippen molar-refractivity contribution in [2.75, 3.05) is 19.6 Å². The average Bonchev–Trinajstić information content (AvgIpc) is 2.78. The van der Waals surface area contributed by atoms with Crippen LogP contribution in [0.25, 0.3) is 0 Å². The third kappa shape index (κ3) is 5.80. The van der Waals surface area contributed by atoms with E-state index >= 15 is 0 Å². The van der Waals surface area contributed by atoms with Crippen LogP contribution in [0.2, 0.25) is 0 Å². The van der Waals surface area contributed by atoms with Gasteiger partial charge in [-0.2, -0.15) is 0 Å². The van der Waals surface area contributed by atoms with Crippen LogP contribution in [-0.4, -0.2) is 70.1 Å². The van der Waals surface area contributed by atoms with Crippen LogP contribution in [0.5, 0.6) is 0 Å². The van der Waals surface area contributed by atoms with Crippen molar-refractivity contribution in [3.63, 3.8) is 0 Å². The molecule has 2 atom stereocenters. The second kappa shape index (κ2) is 10.4. The quantitative estimate of drug-likeness (QED) is 0.688. The second-order valence-electron chi connectivity index (χ2n) is 8.42. The van der Waals surface area contributed by atoms with Gasteiger partial charge in [0, 0.05) is 32.4 Å². The summed E-state index contributed by atoms with van der Waals surface area (Å²) in [5, 5.41) is 2.76. The first-order valence-electron chi connectivity index (χ1n) is 10.9. The molecule has 0 bridgehead atoms. The van der Waals surface area contributed by atoms with Crippen LogP contribution >= 0.6 is 0 Å². The van der Waals surface area contributed by atoms with E-state index in [1.54, 1.807) is 23.2 Å². The number of nitrogens with one attached hydrogen (secondary N) is 1. The van der Waals surface area contributed by atoms with Crippen molar-refractivity contribution in [1.29, 1.82) is 0 Å². The molecule has 1 aromatic rings. The van der Waals surface area contributed by atoms with E-state index in [2.05, 4.69) is 10.3 Å². The van der Waals surface area contributed by atoms with Crippen molar-refractivity contribution in [3.8, 4) is 0 Å². The Kier molecular flexibility index (Phi) is 7.59. The molecule has 2 aliphatic rings. The van der Waals surface area contributed by atoms with Gasteiger partial charge in [-0.25, -0.2) is 0 Å². The summed E-state index contributed by atoms with van der Waals surface area (Å²) in [7, 11) is 0. The molecular weight excluding hydrogens is 398 g/mol. The Balaban J connectivity index is 1.70. The Bertz CT molecular complexity index is 809. The molecule has 9 heteroatoms. The SMILES string of the molecule is CC(=O)N1CCN(C(=O)c2cccnc2)CC1C(=O)NC(CC1CCCCC1)C(N)=O. The highest BCUT2D eigenvalue weighted by molar-refractivity contribution is 5.96. The van der Waals surface area contributed by atoms with Crippen LogP contribution in [0.1, 0.15) is 55.8 Å². The lowest BCUT2D eigenvalue weighted by atomic mass is 9.84. The summed E-state index contributed by atoms with van der Waals surface area (Å²) in [6, 6.07) is 1.68. The van der Waals surface area contributed by atoms with Crippen LogP contribution in [0.3, 0.4) is 0 Å². The zero-order valence-corrected chi connectivity index (χ0v) is 18.0. The first-order chi connectivity index (χ1) is 14.9. The van der Waals surface area contributed by atoms with Crippen molar-refractivity contribution in [1.82, 2.24) is 20.1 Å². The highest BCUT2D eigenvalue weighted by atomic mass is 16.2. The Morgan fingerprint density at radius 3 is 2.55 bits per heavy atom. The smallest absolute Gasteiger partial charge is 0.255 e. The summed E-state index contributed by atoms with van der Waals surface area (Å²) in [5.41, 5.74) is 5.99. The standard InChI is InChI=1S/C22H31N5O4/c1-15(28)27-11-10-26(22(31)17-8-5-9-24-13-17)14-19(27)21(30)25-18(20(23)29)12-16-6-3-2-4-7-16/h5,8-9,13,16,18-19H,2-4,6-7,10-12,14H2,1H3,(H2,23,29)(H,25,30). The molecule has 1 aromatic heterocycles. The van der Waals surface area contributed by atoms with E-state index in [9.17, 15) is 19.2 Å². The highest BCUT2D eigenvalue weighted by Gasteiger charge is 2.37. The van der Waals surface area contributed by atoms with E-state index in [1.807, 2.05) is 0 Å². The normalized spacial score (nSPS) is 20.7. The minimum atomic E-state index is -0.875. The maximum atomic E-state index is 13.1. The van der Waals surface area contributed by atoms with Gasteiger partial charge in [0.2, 0.25) is 17.7 Å². The molecule has 0 spiro atoms. The van der Waals surface area contributed by atoms with Gasteiger partial charge in [0.15, 0.2) is 0 Å². The Morgan fingerprint density at radius 1 is 1.19 bits per heavy atom. The molecule has 2 fully saturated rings. The number of nitrogens with two attached hydrogens (primary N) is 1. The monoisotopic (exact) mass is 429 g/mol. The third-order valence-corrected chi connectivity index (χ3v) is 6.24. The summed E-state index contributed by atoms with van der Waals surface area (Å²) in [6.45, 7) is 2.00. The summed E-state index contributed by atoms with van der Waals surface area (Å²) < 4.78 is 0. The topological polar surface area (TPSA) is 126 Å². The van der Waals surface area contributed by atoms with Gasteiger partial charge in [0.05, 0.1) is 12.1 Å². The summed E-state index contributed by atoms with van der Waals surface area (Å²) in [6.07, 6.45) is 9.05. The molecule has 0 aromatic carbocycles. The molecule has 2 unspecified atom stereocenters. The Morgan fingerprint density at radius 2 is 1.94 bits per heavy atom. The van der Waals surface area contributed by atoms with E-state index in [0.29, 0.717) is 24.4 Å². The average molecular weight is 430 g/mol. The van der Waals surface area contributed by atoms with Gasteiger partial charge in [0.1, 0.15) is 12.1 Å². The molecular formula is C22H31N5O4. The van der Waals surface area contributed by atoms with Crippen molar-refractivity contribution in [2.45, 2.75) is 57.5 Å². The number of primary amides is 1. The van der Waals surface area contributed by atoms with Crippen LogP contribution in [0.15, 0.2) is 24.5 Å². The molecule has 1 aliphatic carbocycles. The van der Waals surface area contributed by atoms with Gasteiger partial charge >= 0.3 is 0 Å². The van der Waals surface area contributed by atoms with Gasteiger partial charge in [0.25, 0.3) is 5.91 Å². The van der Waals surface area contributed by atoms with Crippen molar-refractivity contribution in [3.05, 3.63) is 30.1 Å². The third-order valence-electron chi connectivity index (χ3n) is 6.24. The number of amides is 4. The lowest BCUT2D eigenvalue weighted by Crippen LogP contribution is -2.62. The lowest BCUT2D eigenvalue weighted by molar-refractivity contribution is -0.142. The Hall–Kier alpha value is -2.97. The predicted octanol–water partition coefficient (Wildman–Crippen LogP) is 0.695. The molecule has 168 valence electrons. The van der Waals surface area contributed by atoms with Crippen molar-refractivity contribution < 1.29 is 19.2 Å². The number of rotatable bonds is 6. The largest absolute Gasteiger partial charge is 0.368 e. The molecule has 31 heavy (non-hydrogen) atoms. The molecule has 3 N–H and O–H groups in total. The summed E-state index contributed by atoms with van der Waals surface area (Å²) in [5.74, 6) is -1.18. The number of hydrogen-bond acceptors (Lipinski definition) is 5. The fraction of sp³-hybridized carbons (Fsp3) is 0.591. The minimum Gasteiger partial charge on any atom is -0.368 e. The molecule has 1 aliphatic heterocycles. The number of piperazine rings is 1. The maximum absolute atomic E-state index is 13.1. The van der Waals surface area contributed by atoms with E-state index in [4.69, 9.17) is 5.73 Å². The van der Waals surface area contributed by atoms with E-state index in [0.717, 1.165) is 25.7 Å². The van der Waals surface area contributed by atoms with Crippen LogP contribution in [0, 0.1) is 5.92 Å². The van der Waals surface area contributed by atoms with Gasteiger partial charge in [-0.05, 0) is 24.5 Å². The van der Waals surface area contributed by atoms with Crippen LogP contribution in [-0.2, 0) is 14.4 Å². The predicted molar refractivity (Wildman–Crippen MR) is 114 cm³/mol. The second-order valence-corrected chi connectivity index (χ2v) is 8.42. The van der Waals surface area contributed by atoms with Crippen LogP contribution in [0.4, 0.5) is 0 Å². The minimum absolute atomic E-state index is 0.0497. The van der Waals surface area contributed by atoms with E-state index in [1.165, 1.54) is 24.4 Å². The van der Waals surface area contributed by atoms with Crippen molar-refractivity contribution in [2.24, 2.45) is 11.7 Å². The molecule has 1 saturated heterocycles. The van der Waals surface area contributed by atoms with Crippen LogP contribution < -0.4 is 11.1 Å². The zero-order valence-electron chi connectivity index (χ0n) is 18.0. The van der Waals surface area contributed by atoms with Gasteiger partial charge < -0.3 is 20.9 Å². The fourth-order valence-corrected chi connectivity index (χ4v) is 4.51. The fourth-order valence-electron chi connectivity index (χ4n) is 4.51. The maximum Gasteiger partial charge on any atom is 0.255 e.